The van der Waals surface area contributed by atoms with Crippen molar-refractivity contribution in [2.24, 2.45) is 0 Å². The first-order chi connectivity index (χ1) is 8.00. The predicted octanol–water partition coefficient (Wildman–Crippen LogP) is 0.0458. The maximum Gasteiger partial charge on any atom is 0.342 e. The van der Waals surface area contributed by atoms with Gasteiger partial charge in [-0.15, -0.1) is 0 Å². The van der Waals surface area contributed by atoms with E-state index in [1.165, 1.54) is 6.92 Å². The van der Waals surface area contributed by atoms with Gasteiger partial charge in [-0.05, 0) is 20.8 Å². The molecule has 2 atom stereocenters. The van der Waals surface area contributed by atoms with Crippen LogP contribution in [0, 0.1) is 0 Å². The van der Waals surface area contributed by atoms with E-state index in [9.17, 15) is 13.2 Å². The van der Waals surface area contributed by atoms with Gasteiger partial charge >= 0.3 is 5.97 Å². The molecule has 0 N–H and O–H groups in total. The fourth-order valence-electron chi connectivity index (χ4n) is 1.69. The number of carbonyl (C=O) groups excluding carboxylic acids is 1. The molecular formula is C10H18O7S. The van der Waals surface area contributed by atoms with Crippen LogP contribution in [0.1, 0.15) is 20.8 Å². The highest BCUT2D eigenvalue weighted by Gasteiger charge is 2.53. The number of ether oxygens (including phenoxy) is 3. The molecule has 1 aliphatic heterocycles. The summed E-state index contributed by atoms with van der Waals surface area (Å²) in [6.07, 6.45) is -0.00975. The van der Waals surface area contributed by atoms with Gasteiger partial charge < -0.3 is 14.2 Å². The first-order valence-corrected chi connectivity index (χ1v) is 7.12. The second-order valence-electron chi connectivity index (χ2n) is 4.70. The molecule has 1 aliphatic rings. The zero-order valence-corrected chi connectivity index (χ0v) is 11.9. The topological polar surface area (TPSA) is 88.1 Å². The molecule has 0 bridgehead atoms. The van der Waals surface area contributed by atoms with Crippen molar-refractivity contribution in [3.05, 3.63) is 0 Å². The molecule has 18 heavy (non-hydrogen) atoms. The van der Waals surface area contributed by atoms with Gasteiger partial charge in [0.05, 0.1) is 20.0 Å². The molecule has 106 valence electrons. The molecular weight excluding hydrogens is 264 g/mol. The minimum atomic E-state index is -3.85. The average molecular weight is 282 g/mol. The van der Waals surface area contributed by atoms with Gasteiger partial charge in [0.1, 0.15) is 6.10 Å². The Labute approximate surface area is 106 Å². The van der Waals surface area contributed by atoms with Crippen molar-refractivity contribution in [1.29, 1.82) is 0 Å². The van der Waals surface area contributed by atoms with Crippen molar-refractivity contribution in [2.45, 2.75) is 38.3 Å². The molecule has 1 fully saturated rings. The summed E-state index contributed by atoms with van der Waals surface area (Å²) in [5.41, 5.74) is -1.77. The number of hydrogen-bond acceptors (Lipinski definition) is 7. The number of hydrogen-bond donors (Lipinski definition) is 0. The summed E-state index contributed by atoms with van der Waals surface area (Å²) in [6.45, 7) is 4.65. The highest BCUT2D eigenvalue weighted by molar-refractivity contribution is 7.86. The van der Waals surface area contributed by atoms with Gasteiger partial charge in [0.2, 0.25) is 5.60 Å². The number of methoxy groups -OCH3 is 1. The molecule has 0 spiro atoms. The van der Waals surface area contributed by atoms with E-state index in [1.807, 2.05) is 0 Å². The Kier molecular flexibility index (Phi) is 4.06. The van der Waals surface area contributed by atoms with Crippen LogP contribution in [0.25, 0.3) is 0 Å². The molecule has 0 aliphatic carbocycles. The van der Waals surface area contributed by atoms with E-state index in [0.717, 1.165) is 13.4 Å². The van der Waals surface area contributed by atoms with Gasteiger partial charge in [-0.2, -0.15) is 8.42 Å². The molecule has 0 aromatic carbocycles. The zero-order valence-electron chi connectivity index (χ0n) is 11.1. The van der Waals surface area contributed by atoms with Crippen LogP contribution in [0.5, 0.6) is 0 Å². The Hall–Kier alpha value is -0.700. The number of rotatable bonds is 4. The Balaban J connectivity index is 3.03. The van der Waals surface area contributed by atoms with Crippen LogP contribution in [-0.2, 0) is 33.3 Å². The fraction of sp³-hybridized carbons (Fsp3) is 0.900. The Bertz CT molecular complexity index is 428. The molecule has 8 heteroatoms. The average Bonchev–Trinajstić information content (AvgIpc) is 2.55. The SMILES string of the molecule is COC(=O)[C@@](C)(OS(C)(=O)=O)[C@@H]1COC(C)(C)O1. The lowest BCUT2D eigenvalue weighted by atomic mass is 10.0. The maximum absolute atomic E-state index is 11.8. The van der Waals surface area contributed by atoms with Gasteiger partial charge in [0, 0.05) is 0 Å². The smallest absolute Gasteiger partial charge is 0.342 e. The van der Waals surface area contributed by atoms with E-state index in [4.69, 9.17) is 13.7 Å². The van der Waals surface area contributed by atoms with Crippen LogP contribution in [0.15, 0.2) is 0 Å². The Morgan fingerprint density at radius 1 is 1.44 bits per heavy atom. The first kappa shape index (κ1) is 15.4. The highest BCUT2D eigenvalue weighted by Crippen LogP contribution is 2.32. The lowest BCUT2D eigenvalue weighted by molar-refractivity contribution is -0.183. The van der Waals surface area contributed by atoms with Crippen molar-refractivity contribution < 1.29 is 31.6 Å². The summed E-state index contributed by atoms with van der Waals surface area (Å²) in [4.78, 5) is 11.8. The van der Waals surface area contributed by atoms with Gasteiger partial charge in [0.25, 0.3) is 10.1 Å². The summed E-state index contributed by atoms with van der Waals surface area (Å²) in [5.74, 6) is -1.74. The second-order valence-corrected chi connectivity index (χ2v) is 6.28. The second kappa shape index (κ2) is 4.76. The molecule has 0 radical (unpaired) electrons. The molecule has 0 aromatic rings. The van der Waals surface area contributed by atoms with Gasteiger partial charge in [-0.25, -0.2) is 8.98 Å². The van der Waals surface area contributed by atoms with Gasteiger partial charge in [-0.3, -0.25) is 0 Å². The van der Waals surface area contributed by atoms with E-state index < -0.39 is 33.6 Å². The summed E-state index contributed by atoms with van der Waals surface area (Å²) in [7, 11) is -2.70. The molecule has 1 rings (SSSR count). The quantitative estimate of drug-likeness (QED) is 0.531. The Morgan fingerprint density at radius 3 is 2.33 bits per heavy atom. The maximum atomic E-state index is 11.8. The van der Waals surface area contributed by atoms with Crippen molar-refractivity contribution in [3.63, 3.8) is 0 Å². The van der Waals surface area contributed by atoms with E-state index in [2.05, 4.69) is 4.74 Å². The van der Waals surface area contributed by atoms with Crippen molar-refractivity contribution >= 4 is 16.1 Å². The minimum Gasteiger partial charge on any atom is -0.467 e. The van der Waals surface area contributed by atoms with Crippen molar-refractivity contribution in [3.8, 4) is 0 Å². The largest absolute Gasteiger partial charge is 0.467 e. The summed E-state index contributed by atoms with van der Waals surface area (Å²) in [5, 5.41) is 0. The van der Waals surface area contributed by atoms with E-state index in [0.29, 0.717) is 0 Å². The third-order valence-electron chi connectivity index (χ3n) is 2.54. The molecule has 0 amide bonds. The van der Waals surface area contributed by atoms with Crippen LogP contribution in [0.2, 0.25) is 0 Å². The summed E-state index contributed by atoms with van der Waals surface area (Å²) >= 11 is 0. The van der Waals surface area contributed by atoms with Crippen LogP contribution in [0.3, 0.4) is 0 Å². The van der Waals surface area contributed by atoms with Crippen LogP contribution in [-0.4, -0.2) is 51.9 Å². The Morgan fingerprint density at radius 2 is 2.00 bits per heavy atom. The van der Waals surface area contributed by atoms with Crippen LogP contribution < -0.4 is 0 Å². The first-order valence-electron chi connectivity index (χ1n) is 5.31. The zero-order chi connectivity index (χ0) is 14.2. The third-order valence-corrected chi connectivity index (χ3v) is 3.19. The van der Waals surface area contributed by atoms with E-state index in [1.54, 1.807) is 13.8 Å². The predicted molar refractivity (Wildman–Crippen MR) is 61.3 cm³/mol. The van der Waals surface area contributed by atoms with E-state index >= 15 is 0 Å². The van der Waals surface area contributed by atoms with Crippen molar-refractivity contribution in [2.75, 3.05) is 20.0 Å². The molecule has 0 aromatic heterocycles. The lowest BCUT2D eigenvalue weighted by Crippen LogP contribution is -2.52. The highest BCUT2D eigenvalue weighted by atomic mass is 32.2. The monoisotopic (exact) mass is 282 g/mol. The molecule has 7 nitrogen and oxygen atoms in total. The number of carbonyl (C=O) groups is 1. The molecule has 1 heterocycles. The number of esters is 1. The van der Waals surface area contributed by atoms with Crippen LogP contribution in [0.4, 0.5) is 0 Å². The molecule has 0 saturated carbocycles. The van der Waals surface area contributed by atoms with Crippen LogP contribution >= 0.6 is 0 Å². The van der Waals surface area contributed by atoms with Crippen molar-refractivity contribution in [1.82, 2.24) is 0 Å². The fourth-order valence-corrected chi connectivity index (χ4v) is 2.50. The summed E-state index contributed by atoms with van der Waals surface area (Å²) < 4.78 is 42.7. The molecule has 1 saturated heterocycles. The normalized spacial score (nSPS) is 26.6. The minimum absolute atomic E-state index is 0.0358. The molecule has 0 unspecified atom stereocenters. The third kappa shape index (κ3) is 3.41. The standard InChI is InChI=1S/C10H18O7S/c1-9(2)15-6-7(16-9)10(3,8(11)14-4)17-18(5,12)13/h7H,6H2,1-5H3/t7-,10-/m0/s1. The van der Waals surface area contributed by atoms with Gasteiger partial charge in [-0.1, -0.05) is 0 Å². The summed E-state index contributed by atoms with van der Waals surface area (Å²) in [6, 6.07) is 0. The van der Waals surface area contributed by atoms with Gasteiger partial charge in [0.15, 0.2) is 5.79 Å². The lowest BCUT2D eigenvalue weighted by Gasteiger charge is -2.30. The van der Waals surface area contributed by atoms with E-state index in [-0.39, 0.29) is 6.61 Å².